The molecule has 22 heavy (non-hydrogen) atoms. The number of nitrogens with zero attached hydrogens (tertiary/aromatic N) is 3. The summed E-state index contributed by atoms with van der Waals surface area (Å²) in [5, 5.41) is 0. The molecule has 0 bridgehead atoms. The number of ether oxygens (including phenoxy) is 1. The van der Waals surface area contributed by atoms with Gasteiger partial charge in [0.05, 0.1) is 18.2 Å². The second-order valence-corrected chi connectivity index (χ2v) is 7.55. The number of amides is 1. The first kappa shape index (κ1) is 16.2. The molecule has 2 saturated heterocycles. The molecule has 1 spiro atoms. The van der Waals surface area contributed by atoms with Crippen molar-refractivity contribution in [3.05, 3.63) is 0 Å². The predicted molar refractivity (Wildman–Crippen MR) is 86.9 cm³/mol. The standard InChI is InChI=1S/C17H31N3O2/c1-18-9-11-20(12-10-18)16(21)14-19(2)13-15-5-8-17(22-15)6-3-4-7-17/h15H,3-14H2,1-2H3/t15-/m1/s1. The van der Waals surface area contributed by atoms with Crippen molar-refractivity contribution in [2.24, 2.45) is 0 Å². The van der Waals surface area contributed by atoms with Gasteiger partial charge in [0.15, 0.2) is 0 Å². The van der Waals surface area contributed by atoms with Gasteiger partial charge in [-0.1, -0.05) is 12.8 Å². The Morgan fingerprint density at radius 1 is 1.18 bits per heavy atom. The van der Waals surface area contributed by atoms with Gasteiger partial charge < -0.3 is 14.5 Å². The Kier molecular flexibility index (Phi) is 5.05. The summed E-state index contributed by atoms with van der Waals surface area (Å²) in [5.74, 6) is 0.268. The Morgan fingerprint density at radius 2 is 1.86 bits per heavy atom. The van der Waals surface area contributed by atoms with E-state index in [1.54, 1.807) is 0 Å². The minimum atomic E-state index is 0.201. The first-order valence-corrected chi connectivity index (χ1v) is 8.89. The zero-order chi connectivity index (χ0) is 15.6. The van der Waals surface area contributed by atoms with Gasteiger partial charge >= 0.3 is 0 Å². The predicted octanol–water partition coefficient (Wildman–Crippen LogP) is 1.18. The smallest absolute Gasteiger partial charge is 0.236 e. The Labute approximate surface area is 134 Å². The molecule has 0 aromatic heterocycles. The van der Waals surface area contributed by atoms with Crippen molar-refractivity contribution in [2.75, 3.05) is 53.4 Å². The average molecular weight is 309 g/mol. The van der Waals surface area contributed by atoms with Gasteiger partial charge in [0, 0.05) is 32.7 Å². The van der Waals surface area contributed by atoms with E-state index in [0.29, 0.717) is 12.6 Å². The summed E-state index contributed by atoms with van der Waals surface area (Å²) in [4.78, 5) is 18.8. The molecule has 1 aliphatic carbocycles. The molecule has 2 heterocycles. The highest BCUT2D eigenvalue weighted by Gasteiger charge is 2.42. The van der Waals surface area contributed by atoms with Crippen LogP contribution >= 0.6 is 0 Å². The summed E-state index contributed by atoms with van der Waals surface area (Å²) in [5.41, 5.74) is 0.201. The highest BCUT2D eigenvalue weighted by Crippen LogP contribution is 2.43. The second kappa shape index (κ2) is 6.85. The molecule has 5 nitrogen and oxygen atoms in total. The number of piperazine rings is 1. The molecule has 1 saturated carbocycles. The Bertz CT molecular complexity index is 387. The molecule has 0 N–H and O–H groups in total. The molecule has 2 aliphatic heterocycles. The zero-order valence-electron chi connectivity index (χ0n) is 14.2. The van der Waals surface area contributed by atoms with Gasteiger partial charge in [-0.2, -0.15) is 0 Å². The molecule has 0 radical (unpaired) electrons. The topological polar surface area (TPSA) is 36.0 Å². The molecule has 3 rings (SSSR count). The fourth-order valence-corrected chi connectivity index (χ4v) is 4.21. The van der Waals surface area contributed by atoms with E-state index in [0.717, 1.165) is 39.1 Å². The summed E-state index contributed by atoms with van der Waals surface area (Å²) >= 11 is 0. The summed E-state index contributed by atoms with van der Waals surface area (Å²) < 4.78 is 6.35. The van der Waals surface area contributed by atoms with Gasteiger partial charge in [0.1, 0.15) is 0 Å². The highest BCUT2D eigenvalue weighted by atomic mass is 16.5. The maximum absolute atomic E-state index is 12.4. The van der Waals surface area contributed by atoms with Crippen LogP contribution in [0.1, 0.15) is 38.5 Å². The summed E-state index contributed by atoms with van der Waals surface area (Å²) in [6.07, 6.45) is 7.84. The van der Waals surface area contributed by atoms with Gasteiger partial charge in [-0.15, -0.1) is 0 Å². The monoisotopic (exact) mass is 309 g/mol. The Morgan fingerprint density at radius 3 is 2.55 bits per heavy atom. The third-order valence-electron chi connectivity index (χ3n) is 5.63. The molecule has 126 valence electrons. The Hall–Kier alpha value is -0.650. The van der Waals surface area contributed by atoms with Gasteiger partial charge in [0.2, 0.25) is 5.91 Å². The molecule has 1 atom stereocenters. The highest BCUT2D eigenvalue weighted by molar-refractivity contribution is 5.78. The third kappa shape index (κ3) is 3.81. The summed E-state index contributed by atoms with van der Waals surface area (Å²) in [7, 11) is 4.17. The van der Waals surface area contributed by atoms with Crippen molar-refractivity contribution in [3.8, 4) is 0 Å². The number of hydrogen-bond acceptors (Lipinski definition) is 4. The molecule has 5 heteroatoms. The van der Waals surface area contributed by atoms with E-state index in [1.807, 2.05) is 4.90 Å². The van der Waals surface area contributed by atoms with Crippen LogP contribution in [0.3, 0.4) is 0 Å². The lowest BCUT2D eigenvalue weighted by molar-refractivity contribution is -0.134. The van der Waals surface area contributed by atoms with E-state index >= 15 is 0 Å². The number of carbonyl (C=O) groups excluding carboxylic acids is 1. The zero-order valence-corrected chi connectivity index (χ0v) is 14.2. The van der Waals surface area contributed by atoms with Crippen molar-refractivity contribution >= 4 is 5.91 Å². The SMILES string of the molecule is CN1CCN(C(=O)CN(C)C[C@H]2CCC3(CCCC3)O2)CC1. The largest absolute Gasteiger partial charge is 0.370 e. The molecule has 3 fully saturated rings. The van der Waals surface area contributed by atoms with Crippen molar-refractivity contribution in [2.45, 2.75) is 50.2 Å². The molecule has 0 unspecified atom stereocenters. The maximum Gasteiger partial charge on any atom is 0.236 e. The molecule has 3 aliphatic rings. The first-order chi connectivity index (χ1) is 10.6. The number of rotatable bonds is 4. The lowest BCUT2D eigenvalue weighted by Gasteiger charge is -2.33. The molecule has 0 aromatic rings. The van der Waals surface area contributed by atoms with Gasteiger partial charge in [-0.3, -0.25) is 9.69 Å². The minimum absolute atomic E-state index is 0.201. The lowest BCUT2D eigenvalue weighted by atomic mass is 9.98. The van der Waals surface area contributed by atoms with E-state index in [9.17, 15) is 4.79 Å². The van der Waals surface area contributed by atoms with Crippen LogP contribution in [0.15, 0.2) is 0 Å². The second-order valence-electron chi connectivity index (χ2n) is 7.55. The third-order valence-corrected chi connectivity index (χ3v) is 5.63. The van der Waals surface area contributed by atoms with Crippen LogP contribution in [-0.4, -0.2) is 85.7 Å². The summed E-state index contributed by atoms with van der Waals surface area (Å²) in [6.45, 7) is 5.13. The van der Waals surface area contributed by atoms with Gasteiger partial charge in [-0.05, 0) is 39.8 Å². The van der Waals surface area contributed by atoms with E-state index in [-0.39, 0.29) is 11.5 Å². The summed E-state index contributed by atoms with van der Waals surface area (Å²) in [6, 6.07) is 0. The van der Waals surface area contributed by atoms with E-state index < -0.39 is 0 Å². The quantitative estimate of drug-likeness (QED) is 0.781. The number of carbonyl (C=O) groups is 1. The van der Waals surface area contributed by atoms with E-state index in [2.05, 4.69) is 23.9 Å². The van der Waals surface area contributed by atoms with Crippen molar-refractivity contribution in [3.63, 3.8) is 0 Å². The number of likely N-dealkylation sites (N-methyl/N-ethyl adjacent to an activating group) is 2. The molecular weight excluding hydrogens is 278 g/mol. The fourth-order valence-electron chi connectivity index (χ4n) is 4.21. The molecular formula is C17H31N3O2. The van der Waals surface area contributed by atoms with Crippen LogP contribution in [0.2, 0.25) is 0 Å². The van der Waals surface area contributed by atoms with Crippen LogP contribution in [0.4, 0.5) is 0 Å². The molecule has 1 amide bonds. The average Bonchev–Trinajstić information content (AvgIpc) is 3.10. The van der Waals surface area contributed by atoms with Crippen LogP contribution in [0, 0.1) is 0 Å². The van der Waals surface area contributed by atoms with Crippen LogP contribution in [0.5, 0.6) is 0 Å². The van der Waals surface area contributed by atoms with Crippen LogP contribution < -0.4 is 0 Å². The molecule has 0 aromatic carbocycles. The van der Waals surface area contributed by atoms with E-state index in [1.165, 1.54) is 32.1 Å². The fraction of sp³-hybridized carbons (Fsp3) is 0.941. The van der Waals surface area contributed by atoms with Gasteiger partial charge in [0.25, 0.3) is 0 Å². The minimum Gasteiger partial charge on any atom is -0.370 e. The lowest BCUT2D eigenvalue weighted by Crippen LogP contribution is -2.50. The van der Waals surface area contributed by atoms with Crippen LogP contribution in [0.25, 0.3) is 0 Å². The number of hydrogen-bond donors (Lipinski definition) is 0. The van der Waals surface area contributed by atoms with Crippen LogP contribution in [-0.2, 0) is 9.53 Å². The normalized spacial score (nSPS) is 28.9. The maximum atomic E-state index is 12.4. The van der Waals surface area contributed by atoms with Crippen molar-refractivity contribution in [1.29, 1.82) is 0 Å². The van der Waals surface area contributed by atoms with Crippen molar-refractivity contribution in [1.82, 2.24) is 14.7 Å². The van der Waals surface area contributed by atoms with Gasteiger partial charge in [-0.25, -0.2) is 0 Å². The van der Waals surface area contributed by atoms with E-state index in [4.69, 9.17) is 4.74 Å². The Balaban J connectivity index is 1.41. The first-order valence-electron chi connectivity index (χ1n) is 8.89. The van der Waals surface area contributed by atoms with Crippen molar-refractivity contribution < 1.29 is 9.53 Å².